The third-order valence-electron chi connectivity index (χ3n) is 1.93. The van der Waals surface area contributed by atoms with E-state index < -0.39 is 0 Å². The second-order valence-electron chi connectivity index (χ2n) is 6.97. The van der Waals surface area contributed by atoms with Gasteiger partial charge in [-0.3, -0.25) is 4.79 Å². The van der Waals surface area contributed by atoms with Gasteiger partial charge in [0.2, 0.25) is 5.91 Å². The largest absolute Gasteiger partial charge is 0.370 e. The maximum atomic E-state index is 10.5. The topological polar surface area (TPSA) is 60.2 Å². The molecule has 0 saturated carbocycles. The molecule has 0 aromatic heterocycles. The van der Waals surface area contributed by atoms with E-state index in [1.165, 1.54) is 0 Å². The molecule has 0 atom stereocenters. The summed E-state index contributed by atoms with van der Waals surface area (Å²) >= 11 is 0. The van der Waals surface area contributed by atoms with Gasteiger partial charge in [0.25, 0.3) is 0 Å². The Labute approximate surface area is 114 Å². The quantitative estimate of drug-likeness (QED) is 0.834. The Bertz CT molecular complexity index is 244. The summed E-state index contributed by atoms with van der Waals surface area (Å²) in [6, 6.07) is 0. The van der Waals surface area contributed by atoms with Gasteiger partial charge in [-0.05, 0) is 24.2 Å². The van der Waals surface area contributed by atoms with Gasteiger partial charge in [-0.2, -0.15) is 0 Å². The molecule has 1 amide bonds. The van der Waals surface area contributed by atoms with Gasteiger partial charge in [-0.1, -0.05) is 49.0 Å². The van der Waals surface area contributed by atoms with Crippen LogP contribution in [0, 0.1) is 10.8 Å². The van der Waals surface area contributed by atoms with Gasteiger partial charge in [0.05, 0.1) is 0 Å². The zero-order valence-corrected chi connectivity index (χ0v) is 12.5. The van der Waals surface area contributed by atoms with Crippen molar-refractivity contribution in [3.63, 3.8) is 0 Å². The third kappa shape index (κ3) is 29.4. The van der Waals surface area contributed by atoms with Gasteiger partial charge >= 0.3 is 0 Å². The van der Waals surface area contributed by atoms with Crippen LogP contribution in [0.3, 0.4) is 0 Å². The zero-order chi connectivity index (χ0) is 14.3. The van der Waals surface area contributed by atoms with Crippen molar-refractivity contribution in [1.82, 2.24) is 0 Å². The number of hydrogen-bond donors (Lipinski definition) is 1. The summed E-state index contributed by atoms with van der Waals surface area (Å²) in [6.45, 7) is 14.0. The Balaban J connectivity index is -0.000000238. The summed E-state index contributed by atoms with van der Waals surface area (Å²) in [5, 5.41) is 0. The van der Waals surface area contributed by atoms with Crippen molar-refractivity contribution in [1.29, 1.82) is 0 Å². The predicted octanol–water partition coefficient (Wildman–Crippen LogP) is 3.95. The van der Waals surface area contributed by atoms with Crippen molar-refractivity contribution in [3.05, 3.63) is 0 Å². The standard InChI is InChI=1S/C8H16O.C6H13NO.CH4/c1-7(9)5-6-8(2,3)4;1-6(2,3)4-5(7)8;/h5-6H2,1-4H3;4H2,1-3H3,(H2,7,8);1H4. The van der Waals surface area contributed by atoms with Crippen molar-refractivity contribution < 1.29 is 9.59 Å². The van der Waals surface area contributed by atoms with Crippen molar-refractivity contribution in [3.8, 4) is 0 Å². The van der Waals surface area contributed by atoms with Gasteiger partial charge < -0.3 is 10.5 Å². The van der Waals surface area contributed by atoms with E-state index in [1.54, 1.807) is 6.92 Å². The highest BCUT2D eigenvalue weighted by atomic mass is 16.1. The lowest BCUT2D eigenvalue weighted by Crippen LogP contribution is -2.19. The minimum absolute atomic E-state index is 0. The van der Waals surface area contributed by atoms with E-state index in [4.69, 9.17) is 5.73 Å². The molecule has 0 spiro atoms. The van der Waals surface area contributed by atoms with Crippen LogP contribution in [0.25, 0.3) is 0 Å². The minimum atomic E-state index is -0.225. The van der Waals surface area contributed by atoms with Gasteiger partial charge in [-0.15, -0.1) is 0 Å². The molecule has 0 fully saturated rings. The highest BCUT2D eigenvalue weighted by molar-refractivity contribution is 5.75. The van der Waals surface area contributed by atoms with Gasteiger partial charge in [0.1, 0.15) is 5.78 Å². The lowest BCUT2D eigenvalue weighted by molar-refractivity contribution is -0.119. The molecule has 0 aliphatic heterocycles. The molecule has 0 aromatic rings. The molecule has 18 heavy (non-hydrogen) atoms. The smallest absolute Gasteiger partial charge is 0.217 e. The molecule has 0 radical (unpaired) electrons. The van der Waals surface area contributed by atoms with Crippen molar-refractivity contribution in [2.24, 2.45) is 16.6 Å². The second-order valence-corrected chi connectivity index (χ2v) is 6.97. The Kier molecular flexibility index (Phi) is 11.3. The molecule has 0 aliphatic rings. The second kappa shape index (κ2) is 9.12. The summed E-state index contributed by atoms with van der Waals surface area (Å²) in [6.07, 6.45) is 2.19. The average Bonchev–Trinajstić information content (AvgIpc) is 1.95. The first-order valence-electron chi connectivity index (χ1n) is 6.11. The van der Waals surface area contributed by atoms with E-state index in [9.17, 15) is 9.59 Å². The summed E-state index contributed by atoms with van der Waals surface area (Å²) in [5.41, 5.74) is 5.30. The predicted molar refractivity (Wildman–Crippen MR) is 79.4 cm³/mol. The van der Waals surface area contributed by atoms with Gasteiger partial charge in [0.15, 0.2) is 0 Å². The van der Waals surface area contributed by atoms with Crippen LogP contribution in [-0.4, -0.2) is 11.7 Å². The summed E-state index contributed by atoms with van der Waals surface area (Å²) in [7, 11) is 0. The van der Waals surface area contributed by atoms with Crippen LogP contribution < -0.4 is 5.73 Å². The van der Waals surface area contributed by atoms with Crippen molar-refractivity contribution in [2.75, 3.05) is 0 Å². The molecular weight excluding hydrogens is 226 g/mol. The molecule has 2 N–H and O–H groups in total. The van der Waals surface area contributed by atoms with Crippen molar-refractivity contribution in [2.45, 2.75) is 75.2 Å². The number of primary amides is 1. The minimum Gasteiger partial charge on any atom is -0.370 e. The number of carbonyl (C=O) groups excluding carboxylic acids is 2. The molecule has 110 valence electrons. The zero-order valence-electron chi connectivity index (χ0n) is 12.5. The number of Topliss-reactive ketones (excluding diaryl/α,β-unsaturated/α-hetero) is 1. The maximum absolute atomic E-state index is 10.5. The highest BCUT2D eigenvalue weighted by Crippen LogP contribution is 2.20. The van der Waals surface area contributed by atoms with Gasteiger partial charge in [-0.25, -0.2) is 0 Å². The van der Waals surface area contributed by atoms with E-state index in [0.29, 0.717) is 17.6 Å². The van der Waals surface area contributed by atoms with Crippen LogP contribution in [0.15, 0.2) is 0 Å². The number of nitrogens with two attached hydrogens (primary N) is 1. The summed E-state index contributed by atoms with van der Waals surface area (Å²) < 4.78 is 0. The van der Waals surface area contributed by atoms with Crippen LogP contribution in [0.1, 0.15) is 75.2 Å². The molecule has 3 heteroatoms. The number of amides is 1. The lowest BCUT2D eigenvalue weighted by atomic mass is 9.90. The lowest BCUT2D eigenvalue weighted by Gasteiger charge is -2.15. The fraction of sp³-hybridized carbons (Fsp3) is 0.867. The fourth-order valence-electron chi connectivity index (χ4n) is 1.07. The Morgan fingerprint density at radius 1 is 0.944 bits per heavy atom. The molecule has 0 saturated heterocycles. The van der Waals surface area contributed by atoms with Crippen LogP contribution in [0.2, 0.25) is 0 Å². The molecule has 3 nitrogen and oxygen atoms in total. The first kappa shape index (κ1) is 22.3. The van der Waals surface area contributed by atoms with Crippen LogP contribution in [0.4, 0.5) is 0 Å². The van der Waals surface area contributed by atoms with Crippen LogP contribution >= 0.6 is 0 Å². The van der Waals surface area contributed by atoms with E-state index in [2.05, 4.69) is 20.8 Å². The van der Waals surface area contributed by atoms with E-state index in [1.807, 2.05) is 20.8 Å². The van der Waals surface area contributed by atoms with Crippen LogP contribution in [-0.2, 0) is 9.59 Å². The third-order valence-corrected chi connectivity index (χ3v) is 1.93. The molecule has 0 aromatic carbocycles. The van der Waals surface area contributed by atoms with Crippen molar-refractivity contribution >= 4 is 11.7 Å². The molecular formula is C15H33NO2. The fourth-order valence-corrected chi connectivity index (χ4v) is 1.07. The molecule has 0 aliphatic carbocycles. The van der Waals surface area contributed by atoms with Crippen LogP contribution in [0.5, 0.6) is 0 Å². The number of hydrogen-bond acceptors (Lipinski definition) is 2. The Morgan fingerprint density at radius 2 is 1.33 bits per heavy atom. The normalized spacial score (nSPS) is 10.8. The first-order chi connectivity index (χ1) is 7.33. The molecule has 0 rings (SSSR count). The Hall–Kier alpha value is -0.860. The SMILES string of the molecule is C.CC(=O)CCC(C)(C)C.CC(C)(C)CC(N)=O. The van der Waals surface area contributed by atoms with E-state index in [-0.39, 0.29) is 18.7 Å². The van der Waals surface area contributed by atoms with Gasteiger partial charge in [0, 0.05) is 12.8 Å². The maximum Gasteiger partial charge on any atom is 0.217 e. The number of ketones is 1. The van der Waals surface area contributed by atoms with E-state index in [0.717, 1.165) is 12.8 Å². The first-order valence-corrected chi connectivity index (χ1v) is 6.11. The number of rotatable bonds is 3. The monoisotopic (exact) mass is 259 g/mol. The Morgan fingerprint density at radius 3 is 1.39 bits per heavy atom. The highest BCUT2D eigenvalue weighted by Gasteiger charge is 2.12. The molecule has 0 bridgehead atoms. The van der Waals surface area contributed by atoms with E-state index >= 15 is 0 Å². The number of carbonyl (C=O) groups is 2. The molecule has 0 unspecified atom stereocenters. The average molecular weight is 259 g/mol. The summed E-state index contributed by atoms with van der Waals surface area (Å²) in [5.74, 6) is 0.0717. The summed E-state index contributed by atoms with van der Waals surface area (Å²) in [4.78, 5) is 20.7. The molecule has 0 heterocycles.